The number of anilines is 2. The first-order chi connectivity index (χ1) is 16.1. The summed E-state index contributed by atoms with van der Waals surface area (Å²) < 4.78 is 10.8. The molecule has 0 fully saturated rings. The van der Waals surface area contributed by atoms with Gasteiger partial charge in [0.1, 0.15) is 17.2 Å². The third-order valence-electron chi connectivity index (χ3n) is 4.72. The summed E-state index contributed by atoms with van der Waals surface area (Å²) in [5.74, 6) is -0.106. The maximum atomic E-state index is 12.4. The number of nitrogens with one attached hydrogen (secondary N) is 1. The van der Waals surface area contributed by atoms with Gasteiger partial charge in [0.25, 0.3) is 5.91 Å². The summed E-state index contributed by atoms with van der Waals surface area (Å²) in [5, 5.41) is 7.96. The molecule has 1 N–H and O–H groups in total. The van der Waals surface area contributed by atoms with E-state index >= 15 is 0 Å². The Morgan fingerprint density at radius 1 is 0.848 bits per heavy atom. The molecule has 0 bridgehead atoms. The number of carbonyl (C=O) groups excluding carboxylic acids is 3. The smallest absolute Gasteiger partial charge is 0.355 e. The molecule has 0 spiro atoms. The maximum absolute atomic E-state index is 12.4. The fraction of sp³-hybridized carbons (Fsp3) is 0.120. The van der Waals surface area contributed by atoms with Crippen LogP contribution in [0.2, 0.25) is 0 Å². The molecular formula is C25H21N3O5. The number of hydrogen-bond acceptors (Lipinski definition) is 6. The van der Waals surface area contributed by atoms with Crippen molar-refractivity contribution < 1.29 is 23.9 Å². The van der Waals surface area contributed by atoms with Crippen LogP contribution < -0.4 is 15.1 Å². The molecule has 0 saturated heterocycles. The number of hydrazone groups is 1. The first kappa shape index (κ1) is 21.8. The van der Waals surface area contributed by atoms with Crippen molar-refractivity contribution in [2.24, 2.45) is 5.10 Å². The molecule has 0 radical (unpaired) electrons. The molecule has 0 saturated carbocycles. The SMILES string of the molecule is O=C(COC(=O)C1=NN(c2ccccc2)C(=O)CC1)Nc1ccc(Oc2ccccc2)cc1. The van der Waals surface area contributed by atoms with E-state index in [9.17, 15) is 14.4 Å². The van der Waals surface area contributed by atoms with E-state index in [1.165, 1.54) is 5.01 Å². The minimum Gasteiger partial charge on any atom is -0.457 e. The second-order valence-corrected chi connectivity index (χ2v) is 7.15. The monoisotopic (exact) mass is 443 g/mol. The van der Waals surface area contributed by atoms with Gasteiger partial charge in [-0.05, 0) is 48.5 Å². The van der Waals surface area contributed by atoms with E-state index < -0.39 is 18.5 Å². The molecule has 0 aromatic heterocycles. The fourth-order valence-electron chi connectivity index (χ4n) is 3.11. The summed E-state index contributed by atoms with van der Waals surface area (Å²) in [6.07, 6.45) is 0.290. The quantitative estimate of drug-likeness (QED) is 0.554. The number of benzene rings is 3. The lowest BCUT2D eigenvalue weighted by atomic mass is 10.1. The first-order valence-corrected chi connectivity index (χ1v) is 10.3. The second-order valence-electron chi connectivity index (χ2n) is 7.15. The zero-order valence-electron chi connectivity index (χ0n) is 17.6. The summed E-state index contributed by atoms with van der Waals surface area (Å²) in [7, 11) is 0. The number of amides is 2. The van der Waals surface area contributed by atoms with Crippen molar-refractivity contribution in [3.63, 3.8) is 0 Å². The number of rotatable bonds is 7. The van der Waals surface area contributed by atoms with E-state index in [2.05, 4.69) is 10.4 Å². The number of para-hydroxylation sites is 2. The largest absolute Gasteiger partial charge is 0.457 e. The lowest BCUT2D eigenvalue weighted by molar-refractivity contribution is -0.140. The minimum atomic E-state index is -0.731. The molecule has 2 amide bonds. The highest BCUT2D eigenvalue weighted by atomic mass is 16.5. The second kappa shape index (κ2) is 10.2. The number of esters is 1. The lowest BCUT2D eigenvalue weighted by Gasteiger charge is -2.22. The Hall–Kier alpha value is -4.46. The molecular weight excluding hydrogens is 422 g/mol. The third-order valence-corrected chi connectivity index (χ3v) is 4.72. The molecule has 1 aliphatic heterocycles. The van der Waals surface area contributed by atoms with Crippen molar-refractivity contribution in [3.8, 4) is 11.5 Å². The number of carbonyl (C=O) groups is 3. The summed E-state index contributed by atoms with van der Waals surface area (Å²) in [5.41, 5.74) is 1.19. The molecule has 0 aliphatic carbocycles. The van der Waals surface area contributed by atoms with Crippen molar-refractivity contribution in [1.29, 1.82) is 0 Å². The summed E-state index contributed by atoms with van der Waals surface area (Å²) in [4.78, 5) is 36.7. The standard InChI is InChI=1S/C25H21N3O5/c29-23(26-18-11-13-21(14-12-18)33-20-9-5-2-6-10-20)17-32-25(31)22-15-16-24(30)28(27-22)19-7-3-1-4-8-19/h1-14H,15-17H2,(H,26,29). The average Bonchev–Trinajstić information content (AvgIpc) is 2.85. The maximum Gasteiger partial charge on any atom is 0.355 e. The van der Waals surface area contributed by atoms with Crippen LogP contribution in [0.3, 0.4) is 0 Å². The minimum absolute atomic E-state index is 0.0914. The molecule has 1 heterocycles. The molecule has 3 aromatic rings. The molecule has 0 atom stereocenters. The highest BCUT2D eigenvalue weighted by molar-refractivity contribution is 6.38. The zero-order chi connectivity index (χ0) is 23.0. The van der Waals surface area contributed by atoms with E-state index in [1.807, 2.05) is 36.4 Å². The first-order valence-electron chi connectivity index (χ1n) is 10.3. The molecule has 33 heavy (non-hydrogen) atoms. The van der Waals surface area contributed by atoms with Crippen LogP contribution in [-0.2, 0) is 19.1 Å². The van der Waals surface area contributed by atoms with Gasteiger partial charge in [0.2, 0.25) is 5.91 Å². The van der Waals surface area contributed by atoms with Crippen molar-refractivity contribution in [2.45, 2.75) is 12.8 Å². The van der Waals surface area contributed by atoms with Gasteiger partial charge in [-0.2, -0.15) is 5.10 Å². The van der Waals surface area contributed by atoms with Gasteiger partial charge in [-0.25, -0.2) is 9.80 Å². The molecule has 8 nitrogen and oxygen atoms in total. The predicted molar refractivity (Wildman–Crippen MR) is 123 cm³/mol. The van der Waals surface area contributed by atoms with Crippen LogP contribution in [0.1, 0.15) is 12.8 Å². The highest BCUT2D eigenvalue weighted by Crippen LogP contribution is 2.23. The molecule has 8 heteroatoms. The van der Waals surface area contributed by atoms with Gasteiger partial charge >= 0.3 is 5.97 Å². The fourth-order valence-corrected chi connectivity index (χ4v) is 3.11. The van der Waals surface area contributed by atoms with Gasteiger partial charge in [0.15, 0.2) is 6.61 Å². The van der Waals surface area contributed by atoms with Gasteiger partial charge < -0.3 is 14.8 Å². The molecule has 0 unspecified atom stereocenters. The van der Waals surface area contributed by atoms with E-state index in [4.69, 9.17) is 9.47 Å². The van der Waals surface area contributed by atoms with Crippen LogP contribution in [0.4, 0.5) is 11.4 Å². The normalized spacial score (nSPS) is 13.2. The number of nitrogens with zero attached hydrogens (tertiary/aromatic N) is 2. The van der Waals surface area contributed by atoms with Gasteiger partial charge in [-0.3, -0.25) is 9.59 Å². The molecule has 1 aliphatic rings. The van der Waals surface area contributed by atoms with Crippen molar-refractivity contribution in [2.75, 3.05) is 16.9 Å². The summed E-state index contributed by atoms with van der Waals surface area (Å²) in [6.45, 7) is -0.473. The lowest BCUT2D eigenvalue weighted by Crippen LogP contribution is -2.35. The Labute approximate surface area is 190 Å². The van der Waals surface area contributed by atoms with Gasteiger partial charge in [0.05, 0.1) is 5.69 Å². The Balaban J connectivity index is 1.29. The van der Waals surface area contributed by atoms with Crippen molar-refractivity contribution in [1.82, 2.24) is 0 Å². The van der Waals surface area contributed by atoms with Gasteiger partial charge in [-0.1, -0.05) is 36.4 Å². The van der Waals surface area contributed by atoms with Crippen LogP contribution in [0.25, 0.3) is 0 Å². The van der Waals surface area contributed by atoms with Gasteiger partial charge in [-0.15, -0.1) is 0 Å². The third kappa shape index (κ3) is 5.82. The van der Waals surface area contributed by atoms with Crippen molar-refractivity contribution in [3.05, 3.63) is 84.9 Å². The molecule has 3 aromatic carbocycles. The van der Waals surface area contributed by atoms with Crippen LogP contribution in [0.15, 0.2) is 90.0 Å². The molecule has 4 rings (SSSR count). The highest BCUT2D eigenvalue weighted by Gasteiger charge is 2.26. The van der Waals surface area contributed by atoms with Crippen LogP contribution >= 0.6 is 0 Å². The summed E-state index contributed by atoms with van der Waals surface area (Å²) >= 11 is 0. The predicted octanol–water partition coefficient (Wildman–Crippen LogP) is 4.14. The van der Waals surface area contributed by atoms with Gasteiger partial charge in [0, 0.05) is 18.5 Å². The topological polar surface area (TPSA) is 97.3 Å². The van der Waals surface area contributed by atoms with E-state index in [0.717, 1.165) is 0 Å². The Morgan fingerprint density at radius 2 is 1.48 bits per heavy atom. The van der Waals surface area contributed by atoms with E-state index in [0.29, 0.717) is 22.9 Å². The average molecular weight is 443 g/mol. The molecule has 166 valence electrons. The Morgan fingerprint density at radius 3 is 2.18 bits per heavy atom. The zero-order valence-corrected chi connectivity index (χ0v) is 17.6. The van der Waals surface area contributed by atoms with Crippen LogP contribution in [-0.4, -0.2) is 30.1 Å². The van der Waals surface area contributed by atoms with Crippen LogP contribution in [0, 0.1) is 0 Å². The summed E-state index contributed by atoms with van der Waals surface area (Å²) in [6, 6.07) is 25.0. The number of ether oxygens (including phenoxy) is 2. The Bertz CT molecular complexity index is 1160. The van der Waals surface area contributed by atoms with E-state index in [1.54, 1.807) is 48.5 Å². The Kier molecular flexibility index (Phi) is 6.75. The van der Waals surface area contributed by atoms with Crippen molar-refractivity contribution >= 4 is 34.9 Å². The van der Waals surface area contributed by atoms with E-state index in [-0.39, 0.29) is 24.5 Å². The van der Waals surface area contributed by atoms with Crippen LogP contribution in [0.5, 0.6) is 11.5 Å². The number of hydrogen-bond donors (Lipinski definition) is 1.